The Kier molecular flexibility index (Phi) is 3.68. The highest BCUT2D eigenvalue weighted by Crippen LogP contribution is 2.29. The molecule has 1 N–H and O–H groups in total. The molecule has 0 bridgehead atoms. The highest BCUT2D eigenvalue weighted by molar-refractivity contribution is 5.97. The van der Waals surface area contributed by atoms with Crippen molar-refractivity contribution in [1.82, 2.24) is 14.5 Å². The van der Waals surface area contributed by atoms with Crippen LogP contribution in [0.5, 0.6) is 0 Å². The third-order valence-corrected chi connectivity index (χ3v) is 4.44. The first-order valence-electron chi connectivity index (χ1n) is 8.09. The van der Waals surface area contributed by atoms with Gasteiger partial charge in [0, 0.05) is 13.1 Å². The van der Waals surface area contributed by atoms with Crippen LogP contribution in [-0.2, 0) is 6.54 Å². The molecule has 124 valence electrons. The molecule has 3 aromatic rings. The van der Waals surface area contributed by atoms with Gasteiger partial charge in [-0.2, -0.15) is 0 Å². The first-order valence-corrected chi connectivity index (χ1v) is 8.09. The molecule has 7 nitrogen and oxygen atoms in total. The van der Waals surface area contributed by atoms with E-state index in [2.05, 4.69) is 14.9 Å². The van der Waals surface area contributed by atoms with Gasteiger partial charge in [0.15, 0.2) is 0 Å². The van der Waals surface area contributed by atoms with Gasteiger partial charge in [-0.25, -0.2) is 14.8 Å². The number of nitrogens with zero attached hydrogens (tertiary/aromatic N) is 4. The summed E-state index contributed by atoms with van der Waals surface area (Å²) in [6.07, 6.45) is 6.57. The summed E-state index contributed by atoms with van der Waals surface area (Å²) in [5.41, 5.74) is 0.819. The molecule has 7 heteroatoms. The standard InChI is InChI=1S/C17H18N4O3/c22-17(23)14-9-13-15(20-6-2-1-3-7-20)18-11-19-16(13)21(14)10-12-5-4-8-24-12/h4-5,8-9,11H,1-3,6-7,10H2,(H,22,23). The Morgan fingerprint density at radius 2 is 2.08 bits per heavy atom. The van der Waals surface area contributed by atoms with Crippen molar-refractivity contribution in [3.8, 4) is 0 Å². The van der Waals surface area contributed by atoms with Gasteiger partial charge in [0.05, 0.1) is 18.2 Å². The molecular weight excluding hydrogens is 308 g/mol. The van der Waals surface area contributed by atoms with Crippen LogP contribution in [0.25, 0.3) is 11.0 Å². The number of carboxylic acids is 1. The minimum Gasteiger partial charge on any atom is -0.477 e. The van der Waals surface area contributed by atoms with Crippen molar-refractivity contribution in [2.24, 2.45) is 0 Å². The fourth-order valence-electron chi connectivity index (χ4n) is 3.30. The van der Waals surface area contributed by atoms with Gasteiger partial charge in [-0.15, -0.1) is 0 Å². The molecule has 1 aliphatic heterocycles. The monoisotopic (exact) mass is 326 g/mol. The van der Waals surface area contributed by atoms with Crippen LogP contribution in [0, 0.1) is 0 Å². The topological polar surface area (TPSA) is 84.4 Å². The predicted octanol–water partition coefficient (Wildman–Crippen LogP) is 2.76. The fourth-order valence-corrected chi connectivity index (χ4v) is 3.30. The number of hydrogen-bond acceptors (Lipinski definition) is 5. The molecule has 1 saturated heterocycles. The lowest BCUT2D eigenvalue weighted by Gasteiger charge is -2.28. The summed E-state index contributed by atoms with van der Waals surface area (Å²) in [7, 11) is 0. The largest absolute Gasteiger partial charge is 0.477 e. The molecule has 0 atom stereocenters. The zero-order valence-electron chi connectivity index (χ0n) is 13.2. The van der Waals surface area contributed by atoms with Crippen molar-refractivity contribution in [2.45, 2.75) is 25.8 Å². The van der Waals surface area contributed by atoms with E-state index in [1.54, 1.807) is 23.0 Å². The maximum absolute atomic E-state index is 11.7. The van der Waals surface area contributed by atoms with E-state index in [4.69, 9.17) is 4.42 Å². The molecule has 24 heavy (non-hydrogen) atoms. The van der Waals surface area contributed by atoms with Crippen LogP contribution in [0.3, 0.4) is 0 Å². The molecule has 0 aliphatic carbocycles. The van der Waals surface area contributed by atoms with Gasteiger partial charge in [0.1, 0.15) is 29.2 Å². The molecule has 3 aromatic heterocycles. The number of aromatic carboxylic acids is 1. The predicted molar refractivity (Wildman–Crippen MR) is 88.4 cm³/mol. The van der Waals surface area contributed by atoms with Gasteiger partial charge >= 0.3 is 5.97 Å². The Hall–Kier alpha value is -2.83. The van der Waals surface area contributed by atoms with E-state index in [1.807, 2.05) is 6.07 Å². The average molecular weight is 326 g/mol. The summed E-state index contributed by atoms with van der Waals surface area (Å²) in [6.45, 7) is 2.21. The number of rotatable bonds is 4. The number of carbonyl (C=O) groups is 1. The summed E-state index contributed by atoms with van der Waals surface area (Å²) in [4.78, 5) is 22.7. The fraction of sp³-hybridized carbons (Fsp3) is 0.353. The quantitative estimate of drug-likeness (QED) is 0.793. The van der Waals surface area contributed by atoms with E-state index in [9.17, 15) is 9.90 Å². The molecule has 4 heterocycles. The van der Waals surface area contributed by atoms with Crippen LogP contribution in [0.15, 0.2) is 35.2 Å². The van der Waals surface area contributed by atoms with E-state index < -0.39 is 5.97 Å². The average Bonchev–Trinajstić information content (AvgIpc) is 3.24. The zero-order valence-corrected chi connectivity index (χ0v) is 13.2. The van der Waals surface area contributed by atoms with E-state index in [1.165, 1.54) is 12.7 Å². The van der Waals surface area contributed by atoms with Crippen LogP contribution >= 0.6 is 0 Å². The van der Waals surface area contributed by atoms with Crippen LogP contribution in [-0.4, -0.2) is 38.7 Å². The van der Waals surface area contributed by atoms with Crippen LogP contribution < -0.4 is 4.90 Å². The molecular formula is C17H18N4O3. The Bertz CT molecular complexity index is 863. The van der Waals surface area contributed by atoms with Crippen molar-refractivity contribution in [3.05, 3.63) is 42.2 Å². The number of anilines is 1. The van der Waals surface area contributed by atoms with E-state index in [0.717, 1.165) is 37.1 Å². The van der Waals surface area contributed by atoms with Crippen LogP contribution in [0.2, 0.25) is 0 Å². The van der Waals surface area contributed by atoms with Crippen molar-refractivity contribution in [2.75, 3.05) is 18.0 Å². The number of aromatic nitrogens is 3. The maximum Gasteiger partial charge on any atom is 0.352 e. The van der Waals surface area contributed by atoms with Crippen molar-refractivity contribution < 1.29 is 14.3 Å². The van der Waals surface area contributed by atoms with Gasteiger partial charge in [0.2, 0.25) is 0 Å². The second-order valence-corrected chi connectivity index (χ2v) is 5.98. The summed E-state index contributed by atoms with van der Waals surface area (Å²) in [5, 5.41) is 10.4. The molecule has 0 aromatic carbocycles. The third kappa shape index (κ3) is 2.51. The Morgan fingerprint density at radius 3 is 2.79 bits per heavy atom. The van der Waals surface area contributed by atoms with Gasteiger partial charge in [0.25, 0.3) is 0 Å². The smallest absolute Gasteiger partial charge is 0.352 e. The summed E-state index contributed by atoms with van der Waals surface area (Å²) < 4.78 is 7.04. The number of hydrogen-bond donors (Lipinski definition) is 1. The second kappa shape index (κ2) is 5.99. The minimum absolute atomic E-state index is 0.195. The van der Waals surface area contributed by atoms with E-state index in [-0.39, 0.29) is 5.69 Å². The molecule has 0 saturated carbocycles. The molecule has 0 amide bonds. The highest BCUT2D eigenvalue weighted by Gasteiger charge is 2.22. The summed E-state index contributed by atoms with van der Waals surface area (Å²) in [5.74, 6) is 0.526. The van der Waals surface area contributed by atoms with Crippen molar-refractivity contribution >= 4 is 22.8 Å². The van der Waals surface area contributed by atoms with Gasteiger partial charge in [-0.05, 0) is 37.5 Å². The van der Waals surface area contributed by atoms with Crippen molar-refractivity contribution in [3.63, 3.8) is 0 Å². The van der Waals surface area contributed by atoms with Gasteiger partial charge in [-0.3, -0.25) is 0 Å². The van der Waals surface area contributed by atoms with E-state index >= 15 is 0 Å². The molecule has 0 unspecified atom stereocenters. The first-order chi connectivity index (χ1) is 11.7. The van der Waals surface area contributed by atoms with Gasteiger partial charge < -0.3 is 19.0 Å². The highest BCUT2D eigenvalue weighted by atomic mass is 16.4. The minimum atomic E-state index is -0.982. The SMILES string of the molecule is O=C(O)c1cc2c(N3CCCCC3)ncnc2n1Cc1ccco1. The Balaban J connectivity index is 1.84. The first kappa shape index (κ1) is 14.7. The Labute approximate surface area is 138 Å². The summed E-state index contributed by atoms with van der Waals surface area (Å²) in [6, 6.07) is 5.28. The summed E-state index contributed by atoms with van der Waals surface area (Å²) >= 11 is 0. The Morgan fingerprint density at radius 1 is 1.25 bits per heavy atom. The lowest BCUT2D eigenvalue weighted by Crippen LogP contribution is -2.30. The van der Waals surface area contributed by atoms with Crippen LogP contribution in [0.4, 0.5) is 5.82 Å². The number of fused-ring (bicyclic) bond motifs is 1. The molecule has 1 aliphatic rings. The number of furan rings is 1. The van der Waals surface area contributed by atoms with Crippen LogP contribution in [0.1, 0.15) is 35.5 Å². The normalized spacial score (nSPS) is 15.1. The number of carboxylic acid groups (broad SMARTS) is 1. The zero-order chi connectivity index (χ0) is 16.5. The van der Waals surface area contributed by atoms with E-state index in [0.29, 0.717) is 18.0 Å². The molecule has 1 fully saturated rings. The van der Waals surface area contributed by atoms with Crippen molar-refractivity contribution in [1.29, 1.82) is 0 Å². The molecule has 0 spiro atoms. The maximum atomic E-state index is 11.7. The third-order valence-electron chi connectivity index (χ3n) is 4.44. The number of piperidine rings is 1. The lowest BCUT2D eigenvalue weighted by atomic mass is 10.1. The van der Waals surface area contributed by atoms with Gasteiger partial charge in [-0.1, -0.05) is 0 Å². The lowest BCUT2D eigenvalue weighted by molar-refractivity contribution is 0.0686. The molecule has 4 rings (SSSR count). The second-order valence-electron chi connectivity index (χ2n) is 5.98. The molecule has 0 radical (unpaired) electrons.